The van der Waals surface area contributed by atoms with Gasteiger partial charge in [-0.2, -0.15) is 0 Å². The van der Waals surface area contributed by atoms with Crippen LogP contribution in [0.4, 0.5) is 11.4 Å². The van der Waals surface area contributed by atoms with E-state index in [-0.39, 0.29) is 0 Å². The lowest BCUT2D eigenvalue weighted by atomic mass is 9.95. The zero-order chi connectivity index (χ0) is 17.8. The molecule has 2 atom stereocenters. The van der Waals surface area contributed by atoms with Gasteiger partial charge in [-0.1, -0.05) is 33.8 Å². The van der Waals surface area contributed by atoms with Crippen molar-refractivity contribution < 1.29 is 4.74 Å². The lowest BCUT2D eigenvalue weighted by molar-refractivity contribution is 0.162. The highest BCUT2D eigenvalue weighted by atomic mass is 79.9. The van der Waals surface area contributed by atoms with Crippen molar-refractivity contribution in [2.24, 2.45) is 0 Å². The van der Waals surface area contributed by atoms with Crippen LogP contribution < -0.4 is 9.64 Å². The third kappa shape index (κ3) is 2.59. The average molecular weight is 431 g/mol. The van der Waals surface area contributed by atoms with Crippen molar-refractivity contribution >= 4 is 39.1 Å². The lowest BCUT2D eigenvalue weighted by Crippen LogP contribution is -2.48. The molecule has 5 rings (SSSR count). The smallest absolute Gasteiger partial charge is 0.134 e. The van der Waals surface area contributed by atoms with Crippen LogP contribution in [0, 0.1) is 0 Å². The molecule has 2 unspecified atom stereocenters. The van der Waals surface area contributed by atoms with Gasteiger partial charge in [-0.05, 0) is 63.1 Å². The third-order valence-electron chi connectivity index (χ3n) is 6.27. The molecular weight excluding hydrogens is 408 g/mol. The second-order valence-corrected chi connectivity index (χ2v) is 9.54. The second-order valence-electron chi connectivity index (χ2n) is 7.57. The third-order valence-corrected chi connectivity index (χ3v) is 7.92. The van der Waals surface area contributed by atoms with Crippen LogP contribution in [-0.2, 0) is 0 Å². The number of piperidine rings is 1. The molecule has 0 radical (unpaired) electrons. The molecule has 0 aliphatic carbocycles. The topological polar surface area (TPSA) is 15.7 Å². The van der Waals surface area contributed by atoms with Crippen LogP contribution in [0.25, 0.3) is 0 Å². The minimum absolute atomic E-state index is 0.551. The van der Waals surface area contributed by atoms with Crippen molar-refractivity contribution in [1.29, 1.82) is 0 Å². The number of hydrogen-bond acceptors (Lipinski definition) is 4. The van der Waals surface area contributed by atoms with E-state index < -0.39 is 0 Å². The van der Waals surface area contributed by atoms with E-state index in [1.54, 1.807) is 7.11 Å². The molecule has 2 aromatic rings. The number of anilines is 2. The van der Waals surface area contributed by atoms with Gasteiger partial charge in [0.2, 0.25) is 0 Å². The van der Waals surface area contributed by atoms with E-state index in [0.29, 0.717) is 6.04 Å². The number of benzene rings is 2. The molecule has 3 aliphatic rings. The molecule has 0 saturated carbocycles. The minimum Gasteiger partial charge on any atom is -0.495 e. The van der Waals surface area contributed by atoms with Gasteiger partial charge < -0.3 is 14.5 Å². The standard InChI is InChI=1S/C21H23BrN2OS/c1-23-14-7-8-15(23)12-16(11-14)24-17-9-6-13(22)10-20(17)26-21-18(24)4-3-5-19(21)25-2/h3-6,9-10,14-16H,7-8,11-12H2,1-2H3. The molecule has 3 nitrogen and oxygen atoms in total. The first-order chi connectivity index (χ1) is 12.7. The van der Waals surface area contributed by atoms with Crippen LogP contribution in [0.2, 0.25) is 0 Å². The van der Waals surface area contributed by atoms with E-state index in [9.17, 15) is 0 Å². The Morgan fingerprint density at radius 3 is 2.54 bits per heavy atom. The summed E-state index contributed by atoms with van der Waals surface area (Å²) in [5, 5.41) is 0. The lowest BCUT2D eigenvalue weighted by Gasteiger charge is -2.45. The largest absolute Gasteiger partial charge is 0.495 e. The molecule has 2 bridgehead atoms. The van der Waals surface area contributed by atoms with Crippen LogP contribution in [0.1, 0.15) is 25.7 Å². The molecule has 136 valence electrons. The Labute approximate surface area is 167 Å². The van der Waals surface area contributed by atoms with Crippen molar-refractivity contribution in [1.82, 2.24) is 4.90 Å². The quantitative estimate of drug-likeness (QED) is 0.607. The van der Waals surface area contributed by atoms with E-state index in [2.05, 4.69) is 69.2 Å². The fraction of sp³-hybridized carbons (Fsp3) is 0.429. The van der Waals surface area contributed by atoms with Gasteiger partial charge >= 0.3 is 0 Å². The normalized spacial score (nSPS) is 27.2. The van der Waals surface area contributed by atoms with E-state index in [1.165, 1.54) is 46.8 Å². The molecule has 0 N–H and O–H groups in total. The first-order valence-corrected chi connectivity index (χ1v) is 10.9. The van der Waals surface area contributed by atoms with Gasteiger partial charge in [0.1, 0.15) is 5.75 Å². The van der Waals surface area contributed by atoms with Crippen molar-refractivity contribution in [3.8, 4) is 5.75 Å². The number of rotatable bonds is 2. The molecule has 0 amide bonds. The summed E-state index contributed by atoms with van der Waals surface area (Å²) in [6.07, 6.45) is 5.17. The summed E-state index contributed by atoms with van der Waals surface area (Å²) >= 11 is 5.48. The molecule has 3 heterocycles. The van der Waals surface area contributed by atoms with Gasteiger partial charge in [-0.25, -0.2) is 0 Å². The maximum absolute atomic E-state index is 5.70. The van der Waals surface area contributed by atoms with Crippen molar-refractivity contribution in [2.75, 3.05) is 19.1 Å². The average Bonchev–Trinajstić information content (AvgIpc) is 2.86. The number of nitrogens with zero attached hydrogens (tertiary/aromatic N) is 2. The first-order valence-electron chi connectivity index (χ1n) is 9.31. The Balaban J connectivity index is 1.63. The zero-order valence-electron chi connectivity index (χ0n) is 15.1. The van der Waals surface area contributed by atoms with Crippen LogP contribution in [0.15, 0.2) is 50.7 Å². The van der Waals surface area contributed by atoms with E-state index >= 15 is 0 Å². The molecule has 2 fully saturated rings. The maximum atomic E-state index is 5.70. The maximum Gasteiger partial charge on any atom is 0.134 e. The summed E-state index contributed by atoms with van der Waals surface area (Å²) in [4.78, 5) is 7.77. The summed E-state index contributed by atoms with van der Waals surface area (Å²) in [6.45, 7) is 0. The molecule has 5 heteroatoms. The Morgan fingerprint density at radius 2 is 1.81 bits per heavy atom. The molecule has 0 aromatic heterocycles. The van der Waals surface area contributed by atoms with Crippen molar-refractivity contribution in [2.45, 2.75) is 53.6 Å². The first kappa shape index (κ1) is 17.0. The fourth-order valence-corrected chi connectivity index (χ4v) is 6.67. The molecule has 0 spiro atoms. The Bertz CT molecular complexity index is 844. The van der Waals surface area contributed by atoms with E-state index in [4.69, 9.17) is 4.74 Å². The van der Waals surface area contributed by atoms with Crippen molar-refractivity contribution in [3.63, 3.8) is 0 Å². The van der Waals surface area contributed by atoms with Crippen molar-refractivity contribution in [3.05, 3.63) is 40.9 Å². The Hall–Kier alpha value is -1.17. The highest BCUT2D eigenvalue weighted by molar-refractivity contribution is 9.10. The fourth-order valence-electron chi connectivity index (χ4n) is 4.95. The summed E-state index contributed by atoms with van der Waals surface area (Å²) in [6, 6.07) is 15.1. The SMILES string of the molecule is COc1cccc2c1Sc1cc(Br)ccc1N2C1CC2CCC(C1)N2C. The number of fused-ring (bicyclic) bond motifs is 4. The summed E-state index contributed by atoms with van der Waals surface area (Å²) < 4.78 is 6.83. The highest BCUT2D eigenvalue weighted by Gasteiger charge is 2.42. The van der Waals surface area contributed by atoms with Gasteiger partial charge in [-0.3, -0.25) is 0 Å². The molecule has 2 aromatic carbocycles. The van der Waals surface area contributed by atoms with Gasteiger partial charge in [0.05, 0.1) is 23.4 Å². The number of ether oxygens (including phenoxy) is 1. The minimum atomic E-state index is 0.551. The van der Waals surface area contributed by atoms with Crippen LogP contribution >= 0.6 is 27.7 Å². The monoisotopic (exact) mass is 430 g/mol. The second kappa shape index (κ2) is 6.47. The number of methoxy groups -OCH3 is 1. The molecule has 2 saturated heterocycles. The molecular formula is C21H23BrN2OS. The number of halogens is 1. The summed E-state index contributed by atoms with van der Waals surface area (Å²) in [5.74, 6) is 0.971. The van der Waals surface area contributed by atoms with Crippen LogP contribution in [0.5, 0.6) is 5.75 Å². The van der Waals surface area contributed by atoms with Gasteiger partial charge in [0, 0.05) is 27.5 Å². The zero-order valence-corrected chi connectivity index (χ0v) is 17.5. The predicted molar refractivity (Wildman–Crippen MR) is 111 cm³/mol. The van der Waals surface area contributed by atoms with Gasteiger partial charge in [-0.15, -0.1) is 0 Å². The summed E-state index contributed by atoms with van der Waals surface area (Å²) in [5.41, 5.74) is 2.64. The van der Waals surface area contributed by atoms with Crippen LogP contribution in [-0.4, -0.2) is 37.2 Å². The highest BCUT2D eigenvalue weighted by Crippen LogP contribution is 2.54. The Morgan fingerprint density at radius 1 is 1.04 bits per heavy atom. The van der Waals surface area contributed by atoms with Crippen LogP contribution in [0.3, 0.4) is 0 Å². The molecule has 26 heavy (non-hydrogen) atoms. The Kier molecular flexibility index (Phi) is 4.22. The predicted octanol–water partition coefficient (Wildman–Crippen LogP) is 5.69. The number of hydrogen-bond donors (Lipinski definition) is 0. The van der Waals surface area contributed by atoms with Gasteiger partial charge in [0.25, 0.3) is 0 Å². The van der Waals surface area contributed by atoms with E-state index in [0.717, 1.165) is 22.3 Å². The van der Waals surface area contributed by atoms with E-state index in [1.807, 2.05) is 11.8 Å². The van der Waals surface area contributed by atoms with Gasteiger partial charge in [0.15, 0.2) is 0 Å². The summed E-state index contributed by atoms with van der Waals surface area (Å²) in [7, 11) is 4.08. The molecule has 3 aliphatic heterocycles.